The van der Waals surface area contributed by atoms with Crippen LogP contribution in [0.15, 0.2) is 211 Å². The van der Waals surface area contributed by atoms with Crippen molar-refractivity contribution in [3.8, 4) is 44.8 Å². The molecule has 0 saturated heterocycles. The molecule has 12 aromatic rings. The Morgan fingerprint density at radius 1 is 0.246 bits per heavy atom. The molecule has 0 fully saturated rings. The van der Waals surface area contributed by atoms with Gasteiger partial charge in [-0.25, -0.2) is 0 Å². The molecule has 0 unspecified atom stereocenters. The second-order valence-electron chi connectivity index (χ2n) is 14.9. The van der Waals surface area contributed by atoms with Gasteiger partial charge in [0.1, 0.15) is 11.2 Å². The van der Waals surface area contributed by atoms with Crippen LogP contribution in [0, 0.1) is 0 Å². The van der Waals surface area contributed by atoms with Gasteiger partial charge in [0.2, 0.25) is 0 Å². The lowest BCUT2D eigenvalue weighted by atomic mass is 9.98. The zero-order valence-corrected chi connectivity index (χ0v) is 30.9. The fraction of sp³-hybridized carbons (Fsp3) is 0. The highest BCUT2D eigenvalue weighted by Gasteiger charge is 2.17. The van der Waals surface area contributed by atoms with Gasteiger partial charge in [0.15, 0.2) is 0 Å². The van der Waals surface area contributed by atoms with E-state index >= 15 is 0 Å². The van der Waals surface area contributed by atoms with Crippen molar-refractivity contribution >= 4 is 65.6 Å². The molecule has 3 aromatic heterocycles. The summed E-state index contributed by atoms with van der Waals surface area (Å²) in [6, 6.07) is 74.5. The van der Waals surface area contributed by atoms with Crippen LogP contribution >= 0.6 is 0 Å². The molecule has 0 spiro atoms. The standard InChI is InChI=1S/C54H34N2O/c1-2-11-35(12-3-1)38-13-10-14-41(31-38)55-49-18-7-4-15-43(49)47-32-39(25-29-51(47)55)36-21-23-37(24-22-36)40-26-30-52-48(33-40)44-16-5-8-19-50(44)56(52)42-27-28-46-45-17-6-9-20-53(45)57-54(46)34-42/h1-34H. The van der Waals surface area contributed by atoms with E-state index in [9.17, 15) is 0 Å². The summed E-state index contributed by atoms with van der Waals surface area (Å²) in [5.41, 5.74) is 16.0. The molecule has 0 amide bonds. The Balaban J connectivity index is 0.916. The second kappa shape index (κ2) is 12.5. The maximum atomic E-state index is 6.30. The van der Waals surface area contributed by atoms with Crippen LogP contribution in [0.4, 0.5) is 0 Å². The highest BCUT2D eigenvalue weighted by molar-refractivity contribution is 6.12. The zero-order valence-electron chi connectivity index (χ0n) is 30.9. The third-order valence-electron chi connectivity index (χ3n) is 11.7. The summed E-state index contributed by atoms with van der Waals surface area (Å²) in [6.45, 7) is 0. The third-order valence-corrected chi connectivity index (χ3v) is 11.7. The van der Waals surface area contributed by atoms with Gasteiger partial charge in [-0.3, -0.25) is 0 Å². The van der Waals surface area contributed by atoms with Crippen LogP contribution in [0.3, 0.4) is 0 Å². The van der Waals surface area contributed by atoms with E-state index in [1.807, 2.05) is 12.1 Å². The minimum atomic E-state index is 0.898. The van der Waals surface area contributed by atoms with Crippen LogP contribution in [0.2, 0.25) is 0 Å². The Kier molecular flexibility index (Phi) is 6.93. The maximum Gasteiger partial charge on any atom is 0.137 e. The van der Waals surface area contributed by atoms with Crippen molar-refractivity contribution in [1.29, 1.82) is 0 Å². The average molecular weight is 727 g/mol. The molecule has 0 radical (unpaired) electrons. The molecule has 0 aliphatic heterocycles. The molecular weight excluding hydrogens is 693 g/mol. The first kappa shape index (κ1) is 31.7. The van der Waals surface area contributed by atoms with E-state index in [0.29, 0.717) is 0 Å². The first-order valence-electron chi connectivity index (χ1n) is 19.5. The number of aromatic nitrogens is 2. The number of benzene rings is 9. The average Bonchev–Trinajstić information content (AvgIpc) is 3.93. The first-order valence-corrected chi connectivity index (χ1v) is 19.5. The van der Waals surface area contributed by atoms with E-state index in [1.54, 1.807) is 0 Å². The molecule has 0 bridgehead atoms. The summed E-state index contributed by atoms with van der Waals surface area (Å²) >= 11 is 0. The molecule has 9 aromatic carbocycles. The predicted molar refractivity (Wildman–Crippen MR) is 239 cm³/mol. The lowest BCUT2D eigenvalue weighted by molar-refractivity contribution is 0.668. The van der Waals surface area contributed by atoms with E-state index in [0.717, 1.165) is 33.3 Å². The molecule has 57 heavy (non-hydrogen) atoms. The Morgan fingerprint density at radius 3 is 1.35 bits per heavy atom. The quantitative estimate of drug-likeness (QED) is 0.173. The lowest BCUT2D eigenvalue weighted by Gasteiger charge is -2.11. The fourth-order valence-electron chi connectivity index (χ4n) is 9.03. The first-order chi connectivity index (χ1) is 28.2. The van der Waals surface area contributed by atoms with E-state index in [4.69, 9.17) is 4.42 Å². The van der Waals surface area contributed by atoms with Crippen LogP contribution in [-0.4, -0.2) is 9.13 Å². The van der Waals surface area contributed by atoms with Gasteiger partial charge in [-0.15, -0.1) is 0 Å². The van der Waals surface area contributed by atoms with Gasteiger partial charge in [0, 0.05) is 49.8 Å². The Labute approximate surface area is 328 Å². The topological polar surface area (TPSA) is 23.0 Å². The van der Waals surface area contributed by atoms with Gasteiger partial charge in [-0.05, 0) is 100 Å². The normalized spacial score (nSPS) is 11.9. The van der Waals surface area contributed by atoms with Crippen molar-refractivity contribution in [2.24, 2.45) is 0 Å². The van der Waals surface area contributed by atoms with Crippen molar-refractivity contribution in [2.75, 3.05) is 0 Å². The Morgan fingerprint density at radius 2 is 0.702 bits per heavy atom. The van der Waals surface area contributed by atoms with E-state index in [1.165, 1.54) is 77.0 Å². The monoisotopic (exact) mass is 726 g/mol. The van der Waals surface area contributed by atoms with Gasteiger partial charge in [-0.1, -0.05) is 133 Å². The smallest absolute Gasteiger partial charge is 0.137 e. The number of hydrogen-bond donors (Lipinski definition) is 0. The van der Waals surface area contributed by atoms with Crippen LogP contribution in [0.5, 0.6) is 0 Å². The molecular formula is C54H34N2O. The van der Waals surface area contributed by atoms with Crippen LogP contribution in [-0.2, 0) is 0 Å². The van der Waals surface area contributed by atoms with Crippen LogP contribution in [0.1, 0.15) is 0 Å². The number of para-hydroxylation sites is 3. The predicted octanol–water partition coefficient (Wildman–Crippen LogP) is 14.8. The largest absolute Gasteiger partial charge is 0.456 e. The van der Waals surface area contributed by atoms with Gasteiger partial charge in [0.25, 0.3) is 0 Å². The van der Waals surface area contributed by atoms with E-state index in [-0.39, 0.29) is 0 Å². The molecule has 0 N–H and O–H groups in total. The summed E-state index contributed by atoms with van der Waals surface area (Å²) < 4.78 is 11.1. The Bertz CT molecular complexity index is 3510. The van der Waals surface area contributed by atoms with Gasteiger partial charge in [0.05, 0.1) is 22.1 Å². The minimum Gasteiger partial charge on any atom is -0.456 e. The van der Waals surface area contributed by atoms with Crippen molar-refractivity contribution in [2.45, 2.75) is 0 Å². The van der Waals surface area contributed by atoms with Crippen molar-refractivity contribution in [3.63, 3.8) is 0 Å². The number of fused-ring (bicyclic) bond motifs is 9. The molecule has 0 aliphatic carbocycles. The zero-order chi connectivity index (χ0) is 37.5. The molecule has 0 saturated carbocycles. The number of rotatable bonds is 5. The van der Waals surface area contributed by atoms with E-state index in [2.05, 4.69) is 203 Å². The summed E-state index contributed by atoms with van der Waals surface area (Å²) in [7, 11) is 0. The summed E-state index contributed by atoms with van der Waals surface area (Å²) in [5.74, 6) is 0. The molecule has 12 rings (SSSR count). The highest BCUT2D eigenvalue weighted by atomic mass is 16.3. The SMILES string of the molecule is c1ccc(-c2cccc(-n3c4ccccc4c4cc(-c5ccc(-c6ccc7c(c6)c6ccccc6n7-c6ccc7c(c6)oc6ccccc67)cc5)ccc43)c2)cc1. The minimum absolute atomic E-state index is 0.898. The molecule has 0 aliphatic rings. The summed E-state index contributed by atoms with van der Waals surface area (Å²) in [4.78, 5) is 0. The van der Waals surface area contributed by atoms with Crippen molar-refractivity contribution in [1.82, 2.24) is 9.13 Å². The number of nitrogens with zero attached hydrogens (tertiary/aromatic N) is 2. The van der Waals surface area contributed by atoms with Gasteiger partial charge >= 0.3 is 0 Å². The van der Waals surface area contributed by atoms with Crippen molar-refractivity contribution < 1.29 is 4.42 Å². The van der Waals surface area contributed by atoms with Crippen molar-refractivity contribution in [3.05, 3.63) is 206 Å². The summed E-state index contributed by atoms with van der Waals surface area (Å²) in [6.07, 6.45) is 0. The third kappa shape index (κ3) is 4.99. The second-order valence-corrected chi connectivity index (χ2v) is 14.9. The Hall–Kier alpha value is -7.62. The highest BCUT2D eigenvalue weighted by Crippen LogP contribution is 2.39. The van der Waals surface area contributed by atoms with Gasteiger partial charge < -0.3 is 13.6 Å². The molecule has 0 atom stereocenters. The molecule has 266 valence electrons. The van der Waals surface area contributed by atoms with E-state index < -0.39 is 0 Å². The molecule has 3 heterocycles. The summed E-state index contributed by atoms with van der Waals surface area (Å²) in [5, 5.41) is 7.24. The molecule has 3 heteroatoms. The van der Waals surface area contributed by atoms with Crippen LogP contribution < -0.4 is 0 Å². The number of furan rings is 1. The lowest BCUT2D eigenvalue weighted by Crippen LogP contribution is -1.94. The number of hydrogen-bond acceptors (Lipinski definition) is 1. The van der Waals surface area contributed by atoms with Gasteiger partial charge in [-0.2, -0.15) is 0 Å². The molecule has 3 nitrogen and oxygen atoms in total. The van der Waals surface area contributed by atoms with Crippen LogP contribution in [0.25, 0.3) is 110 Å². The maximum absolute atomic E-state index is 6.30. The fourth-order valence-corrected chi connectivity index (χ4v) is 9.03.